The smallest absolute Gasteiger partial charge is 1.00 e. The monoisotopic (exact) mass is 290 g/mol. The third-order valence-electron chi connectivity index (χ3n) is 1.91. The Morgan fingerprint density at radius 3 is 2.00 bits per heavy atom. The van der Waals surface area contributed by atoms with Gasteiger partial charge in [0.2, 0.25) is 0 Å². The van der Waals surface area contributed by atoms with Gasteiger partial charge in [-0.1, -0.05) is 50.1 Å². The van der Waals surface area contributed by atoms with E-state index in [1.54, 1.807) is 3.69 Å². The Labute approximate surface area is 132 Å². The fraction of sp³-hybridized carbons (Fsp3) is 0.400. The average Bonchev–Trinajstić information content (AvgIpc) is 2.07. The van der Waals surface area contributed by atoms with E-state index in [4.69, 9.17) is 0 Å². The van der Waals surface area contributed by atoms with Crippen LogP contribution in [0.5, 0.6) is 0 Å². The summed E-state index contributed by atoms with van der Waals surface area (Å²) in [7, 11) is 0. The molecule has 0 heterocycles. The topological polar surface area (TPSA) is 0 Å². The van der Waals surface area contributed by atoms with Crippen LogP contribution in [0.4, 0.5) is 0 Å². The zero-order chi connectivity index (χ0) is 7.94. The molecule has 0 saturated heterocycles. The van der Waals surface area contributed by atoms with Gasteiger partial charge in [-0.2, -0.15) is 3.69 Å². The minimum atomic E-state index is 0. The minimum absolute atomic E-state index is 0. The van der Waals surface area contributed by atoms with Crippen LogP contribution in [0.3, 0.4) is 0 Å². The third kappa shape index (κ3) is 13.3. The summed E-state index contributed by atoms with van der Waals surface area (Å²) < 4.78 is 3.08. The van der Waals surface area contributed by atoms with Gasteiger partial charge < -0.3 is 37.2 Å². The zero-order valence-corrected chi connectivity index (χ0v) is 13.8. The van der Waals surface area contributed by atoms with E-state index in [-0.39, 0.29) is 74.9 Å². The number of hydrogen-bond donors (Lipinski definition) is 0. The van der Waals surface area contributed by atoms with Crippen LogP contribution in [-0.4, -0.2) is 37.7 Å². The summed E-state index contributed by atoms with van der Waals surface area (Å²) in [4.78, 5) is 0. The fourth-order valence-corrected chi connectivity index (χ4v) is 2.99. The number of hydrogen-bond acceptors (Lipinski definition) is 0. The van der Waals surface area contributed by atoms with Crippen molar-refractivity contribution in [3.63, 3.8) is 0 Å². The molecular weight excluding hydrogens is 278 g/mol. The minimum Gasteiger partial charge on any atom is -1.00 e. The van der Waals surface area contributed by atoms with E-state index in [2.05, 4.69) is 37.3 Å². The van der Waals surface area contributed by atoms with E-state index in [9.17, 15) is 0 Å². The van der Waals surface area contributed by atoms with Crippen LogP contribution in [0.25, 0.3) is 0 Å². The largest absolute Gasteiger partial charge is 3.00 e. The van der Waals surface area contributed by atoms with Crippen molar-refractivity contribution in [2.75, 3.05) is 0 Å². The Hall–Kier alpha value is 1.39. The van der Waals surface area contributed by atoms with Crippen molar-refractivity contribution in [2.45, 2.75) is 24.3 Å². The van der Waals surface area contributed by atoms with E-state index < -0.39 is 0 Å². The molecule has 0 unspecified atom stereocenters. The van der Waals surface area contributed by atoms with Gasteiger partial charge in [-0.15, -0.1) is 4.55 Å². The Balaban J connectivity index is -0.000000151. The van der Waals surface area contributed by atoms with Crippen molar-refractivity contribution in [1.82, 2.24) is 0 Å². The van der Waals surface area contributed by atoms with Gasteiger partial charge in [-0.3, -0.25) is 0 Å². The zero-order valence-electron chi connectivity index (χ0n) is 8.93. The molecule has 0 fully saturated rings. The molecule has 0 spiro atoms. The molecule has 0 aliphatic rings. The van der Waals surface area contributed by atoms with Crippen LogP contribution in [0.1, 0.15) is 19.8 Å². The maximum atomic E-state index is 2.27. The molecule has 80 valence electrons. The molecule has 1 aromatic rings. The standard InChI is InChI=1S/C6H5.C4H9.Al.3ClH.Mg/c1-2-4-6-5-3-1;1-3-4-2;;;;;/h1-5H;1,3-4H2,2H3;;3*1H;/q;;+3;;;;/p-3. The molecule has 0 aliphatic heterocycles. The summed E-state index contributed by atoms with van der Waals surface area (Å²) in [5.74, 6) is 0. The van der Waals surface area contributed by atoms with Crippen LogP contribution in [0, 0.1) is 0 Å². The second-order valence-electron chi connectivity index (χ2n) is 2.94. The van der Waals surface area contributed by atoms with Crippen LogP contribution in [0.2, 0.25) is 4.55 Å². The van der Waals surface area contributed by atoms with E-state index in [1.165, 1.54) is 17.4 Å². The quantitative estimate of drug-likeness (QED) is 0.382. The van der Waals surface area contributed by atoms with Gasteiger partial charge in [-0.25, -0.2) is 0 Å². The first-order valence-corrected chi connectivity index (χ1v) is 6.18. The normalized spacial score (nSPS) is 6.73. The van der Waals surface area contributed by atoms with Crippen molar-refractivity contribution in [3.8, 4) is 0 Å². The van der Waals surface area contributed by atoms with Gasteiger partial charge in [0.25, 0.3) is 0 Å². The van der Waals surface area contributed by atoms with Gasteiger partial charge in [0, 0.05) is 0 Å². The molecule has 5 heteroatoms. The Bertz CT molecular complexity index is 197. The number of rotatable bonds is 4. The second kappa shape index (κ2) is 17.8. The second-order valence-corrected chi connectivity index (χ2v) is 4.97. The molecule has 1 rings (SSSR count). The summed E-state index contributed by atoms with van der Waals surface area (Å²) >= 11 is 0.0776. The molecule has 0 aromatic heterocycles. The summed E-state index contributed by atoms with van der Waals surface area (Å²) in [5, 5.41) is 0. The van der Waals surface area contributed by atoms with Crippen LogP contribution in [-0.2, 0) is 0 Å². The van der Waals surface area contributed by atoms with E-state index >= 15 is 0 Å². The van der Waals surface area contributed by atoms with Gasteiger partial charge in [0.1, 0.15) is 0 Å². The molecule has 0 nitrogen and oxygen atoms in total. The Morgan fingerprint density at radius 2 is 1.53 bits per heavy atom. The number of benzene rings is 1. The Morgan fingerprint density at radius 1 is 1.00 bits per heavy atom. The first kappa shape index (κ1) is 25.3. The van der Waals surface area contributed by atoms with E-state index in [0.717, 1.165) is 0 Å². The molecular formula is C10H14AlCl3Mg. The third-order valence-corrected chi connectivity index (χ3v) is 3.81. The van der Waals surface area contributed by atoms with Crippen LogP contribution in [0.15, 0.2) is 30.3 Å². The molecule has 0 saturated carbocycles. The van der Waals surface area contributed by atoms with Gasteiger partial charge >= 0.3 is 37.7 Å². The summed E-state index contributed by atoms with van der Waals surface area (Å²) in [6, 6.07) is 10.9. The molecule has 15 heavy (non-hydrogen) atoms. The van der Waals surface area contributed by atoms with Crippen molar-refractivity contribution in [1.29, 1.82) is 0 Å². The van der Waals surface area contributed by atoms with E-state index in [0.29, 0.717) is 0 Å². The average molecular weight is 292 g/mol. The molecule has 0 amide bonds. The molecule has 0 radical (unpaired) electrons. The maximum Gasteiger partial charge on any atom is 3.00 e. The molecule has 1 aromatic carbocycles. The first-order valence-electron chi connectivity index (χ1n) is 4.47. The first-order chi connectivity index (χ1) is 5.43. The fourth-order valence-electron chi connectivity index (χ4n) is 1.22. The molecule has 0 bridgehead atoms. The van der Waals surface area contributed by atoms with Crippen molar-refractivity contribution in [3.05, 3.63) is 30.3 Å². The van der Waals surface area contributed by atoms with Crippen LogP contribution >= 0.6 is 0 Å². The number of unbranched alkanes of at least 4 members (excludes halogenated alkanes) is 1. The van der Waals surface area contributed by atoms with Crippen molar-refractivity contribution < 1.29 is 37.2 Å². The summed E-state index contributed by atoms with van der Waals surface area (Å²) in [6.45, 7) is 2.26. The van der Waals surface area contributed by atoms with Gasteiger partial charge in [0.05, 0.1) is 0 Å². The number of halogens is 3. The summed E-state index contributed by atoms with van der Waals surface area (Å²) in [5.41, 5.74) is 0. The predicted octanol–water partition coefficient (Wildman–Crippen LogP) is -7.13. The SMILES string of the molecule is CCC[CH2][Mg][c]1ccccc1.[Al+3].[Cl-].[Cl-].[Cl-]. The molecule has 0 atom stereocenters. The molecule has 0 N–H and O–H groups in total. The van der Waals surface area contributed by atoms with E-state index in [1.807, 2.05) is 0 Å². The van der Waals surface area contributed by atoms with Crippen LogP contribution < -0.4 is 40.9 Å². The van der Waals surface area contributed by atoms with Crippen molar-refractivity contribution in [2.24, 2.45) is 0 Å². The maximum absolute atomic E-state index is 2.27. The van der Waals surface area contributed by atoms with Crippen molar-refractivity contribution >= 4 is 41.4 Å². The summed E-state index contributed by atoms with van der Waals surface area (Å²) in [6.07, 6.45) is 2.76. The van der Waals surface area contributed by atoms with Gasteiger partial charge in [0.15, 0.2) is 0 Å². The van der Waals surface area contributed by atoms with Gasteiger partial charge in [-0.05, 0) is 0 Å². The Kier molecular flexibility index (Phi) is 30.0. The molecule has 0 aliphatic carbocycles. The predicted molar refractivity (Wildman–Crippen MR) is 57.3 cm³/mol.